The highest BCUT2D eigenvalue weighted by Gasteiger charge is 2.35. The first-order valence-electron chi connectivity index (χ1n) is 10.6. The van der Waals surface area contributed by atoms with Gasteiger partial charge in [0.15, 0.2) is 0 Å². The van der Waals surface area contributed by atoms with Gasteiger partial charge in [-0.1, -0.05) is 37.3 Å². The van der Waals surface area contributed by atoms with Crippen molar-refractivity contribution in [2.45, 2.75) is 69.7 Å². The van der Waals surface area contributed by atoms with E-state index < -0.39 is 0 Å². The van der Waals surface area contributed by atoms with Crippen molar-refractivity contribution in [3.05, 3.63) is 64.7 Å². The van der Waals surface area contributed by atoms with Crippen LogP contribution in [0.2, 0.25) is 0 Å². The number of aryl methyl sites for hydroxylation is 1. The fourth-order valence-corrected chi connectivity index (χ4v) is 5.17. The van der Waals surface area contributed by atoms with Gasteiger partial charge in [-0.25, -0.2) is 0 Å². The predicted octanol–water partition coefficient (Wildman–Crippen LogP) is 5.42. The zero-order valence-electron chi connectivity index (χ0n) is 16.8. The second kappa shape index (κ2) is 7.67. The predicted molar refractivity (Wildman–Crippen MR) is 112 cm³/mol. The third-order valence-electron chi connectivity index (χ3n) is 7.04. The van der Waals surface area contributed by atoms with Gasteiger partial charge in [0.2, 0.25) is 0 Å². The highest BCUT2D eigenvalue weighted by atomic mass is 16.5. The van der Waals surface area contributed by atoms with Gasteiger partial charge >= 0.3 is 0 Å². The molecule has 0 radical (unpaired) electrons. The first-order valence-corrected chi connectivity index (χ1v) is 10.6. The van der Waals surface area contributed by atoms with Crippen molar-refractivity contribution in [2.75, 3.05) is 7.11 Å². The zero-order valence-corrected chi connectivity index (χ0v) is 16.8. The molecule has 1 saturated carbocycles. The van der Waals surface area contributed by atoms with Gasteiger partial charge in [0.25, 0.3) is 0 Å². The van der Waals surface area contributed by atoms with Gasteiger partial charge in [-0.2, -0.15) is 0 Å². The van der Waals surface area contributed by atoms with Gasteiger partial charge in [-0.05, 0) is 97.6 Å². The molecule has 2 nitrogen and oxygen atoms in total. The van der Waals surface area contributed by atoms with Gasteiger partial charge in [-0.15, -0.1) is 0 Å². The largest absolute Gasteiger partial charge is 0.497 e. The number of rotatable bonds is 5. The van der Waals surface area contributed by atoms with Crippen LogP contribution in [0.25, 0.3) is 0 Å². The van der Waals surface area contributed by atoms with Crippen LogP contribution in [0.4, 0.5) is 0 Å². The van der Waals surface area contributed by atoms with E-state index >= 15 is 0 Å². The van der Waals surface area contributed by atoms with Crippen LogP contribution in [0.5, 0.6) is 5.75 Å². The van der Waals surface area contributed by atoms with E-state index in [1.807, 2.05) is 6.07 Å². The minimum absolute atomic E-state index is 0.0718. The van der Waals surface area contributed by atoms with E-state index in [0.717, 1.165) is 30.9 Å². The Kier molecular flexibility index (Phi) is 5.27. The number of methoxy groups -OCH3 is 1. The molecule has 3 atom stereocenters. The van der Waals surface area contributed by atoms with Crippen LogP contribution < -0.4 is 10.5 Å². The molecule has 2 N–H and O–H groups in total. The summed E-state index contributed by atoms with van der Waals surface area (Å²) in [6.07, 6.45) is 9.53. The minimum atomic E-state index is 0.0718. The van der Waals surface area contributed by atoms with E-state index in [0.29, 0.717) is 5.92 Å². The Morgan fingerprint density at radius 1 is 1.11 bits per heavy atom. The van der Waals surface area contributed by atoms with Gasteiger partial charge in [0, 0.05) is 5.54 Å². The Bertz CT molecular complexity index is 799. The van der Waals surface area contributed by atoms with E-state index in [-0.39, 0.29) is 5.54 Å². The molecular weight excluding hydrogens is 330 g/mol. The van der Waals surface area contributed by atoms with Crippen molar-refractivity contribution < 1.29 is 4.74 Å². The Morgan fingerprint density at radius 2 is 2.00 bits per heavy atom. The molecule has 0 amide bonds. The first-order chi connectivity index (χ1) is 13.1. The highest BCUT2D eigenvalue weighted by molar-refractivity contribution is 5.37. The second-order valence-corrected chi connectivity index (χ2v) is 8.85. The molecule has 27 heavy (non-hydrogen) atoms. The molecule has 1 fully saturated rings. The van der Waals surface area contributed by atoms with E-state index in [1.54, 1.807) is 18.2 Å². The number of hydrogen-bond acceptors (Lipinski definition) is 2. The van der Waals surface area contributed by atoms with E-state index in [1.165, 1.54) is 43.2 Å². The second-order valence-electron chi connectivity index (χ2n) is 8.85. The molecule has 4 rings (SSSR count). The SMILES string of the molecule is CC[C@@]1(N)CC[C@H](c2ccc3c(c2)CC[C@@H](Cc2cccc(OC)c2)C3)C1. The van der Waals surface area contributed by atoms with E-state index in [9.17, 15) is 0 Å². The van der Waals surface area contributed by atoms with E-state index in [4.69, 9.17) is 10.5 Å². The number of benzene rings is 2. The van der Waals surface area contributed by atoms with Crippen molar-refractivity contribution in [1.82, 2.24) is 0 Å². The van der Waals surface area contributed by atoms with Crippen molar-refractivity contribution in [3.8, 4) is 5.75 Å². The lowest BCUT2D eigenvalue weighted by molar-refractivity contribution is 0.412. The number of ether oxygens (including phenoxy) is 1. The Hall–Kier alpha value is -1.80. The Balaban J connectivity index is 1.43. The molecular formula is C25H33NO. The molecule has 2 aliphatic carbocycles. The molecule has 2 aliphatic rings. The maximum absolute atomic E-state index is 6.53. The fourth-order valence-electron chi connectivity index (χ4n) is 5.17. The molecule has 2 heteroatoms. The van der Waals surface area contributed by atoms with Crippen LogP contribution in [0, 0.1) is 5.92 Å². The number of hydrogen-bond donors (Lipinski definition) is 1. The summed E-state index contributed by atoms with van der Waals surface area (Å²) in [5, 5.41) is 0. The average Bonchev–Trinajstić information content (AvgIpc) is 3.10. The van der Waals surface area contributed by atoms with Gasteiger partial charge in [0.05, 0.1) is 7.11 Å². The third-order valence-corrected chi connectivity index (χ3v) is 7.04. The summed E-state index contributed by atoms with van der Waals surface area (Å²) in [6.45, 7) is 2.23. The molecule has 0 aromatic heterocycles. The monoisotopic (exact) mass is 363 g/mol. The van der Waals surface area contributed by atoms with Gasteiger partial charge < -0.3 is 10.5 Å². The van der Waals surface area contributed by atoms with Crippen molar-refractivity contribution >= 4 is 0 Å². The number of nitrogens with two attached hydrogens (primary N) is 1. The lowest BCUT2D eigenvalue weighted by Crippen LogP contribution is -2.35. The molecule has 0 bridgehead atoms. The summed E-state index contributed by atoms with van der Waals surface area (Å²) in [7, 11) is 1.74. The molecule has 0 unspecified atom stereocenters. The summed E-state index contributed by atoms with van der Waals surface area (Å²) >= 11 is 0. The Morgan fingerprint density at radius 3 is 2.78 bits per heavy atom. The van der Waals surface area contributed by atoms with Crippen molar-refractivity contribution in [2.24, 2.45) is 11.7 Å². The van der Waals surface area contributed by atoms with Crippen LogP contribution in [0.3, 0.4) is 0 Å². The van der Waals surface area contributed by atoms with Crippen LogP contribution in [-0.2, 0) is 19.3 Å². The maximum atomic E-state index is 6.53. The van der Waals surface area contributed by atoms with Crippen molar-refractivity contribution in [3.63, 3.8) is 0 Å². The van der Waals surface area contributed by atoms with Crippen molar-refractivity contribution in [1.29, 1.82) is 0 Å². The molecule has 2 aromatic rings. The average molecular weight is 364 g/mol. The van der Waals surface area contributed by atoms with Crippen LogP contribution in [-0.4, -0.2) is 12.6 Å². The molecule has 0 aliphatic heterocycles. The lowest BCUT2D eigenvalue weighted by Gasteiger charge is -2.26. The standard InChI is InChI=1S/C25H33NO/c1-3-25(26)12-11-23(17-25)22-10-9-20-14-19(7-8-21(20)16-22)13-18-5-4-6-24(15-18)27-2/h4-6,9-10,15-16,19,23H,3,7-8,11-14,17,26H2,1-2H3/t19-,23-,25+/m0/s1. The molecule has 2 aromatic carbocycles. The lowest BCUT2D eigenvalue weighted by atomic mass is 9.79. The third kappa shape index (κ3) is 4.06. The van der Waals surface area contributed by atoms with Gasteiger partial charge in [0.1, 0.15) is 5.75 Å². The van der Waals surface area contributed by atoms with Crippen LogP contribution in [0.15, 0.2) is 42.5 Å². The minimum Gasteiger partial charge on any atom is -0.497 e. The summed E-state index contributed by atoms with van der Waals surface area (Å²) in [4.78, 5) is 0. The zero-order chi connectivity index (χ0) is 18.9. The summed E-state index contributed by atoms with van der Waals surface area (Å²) in [6, 6.07) is 15.8. The van der Waals surface area contributed by atoms with Crippen LogP contribution in [0.1, 0.15) is 67.2 Å². The number of fused-ring (bicyclic) bond motifs is 1. The summed E-state index contributed by atoms with van der Waals surface area (Å²) < 4.78 is 5.38. The quantitative estimate of drug-likeness (QED) is 0.770. The first kappa shape index (κ1) is 18.6. The topological polar surface area (TPSA) is 35.2 Å². The fraction of sp³-hybridized carbons (Fsp3) is 0.520. The molecule has 0 spiro atoms. The normalized spacial score (nSPS) is 27.4. The smallest absolute Gasteiger partial charge is 0.119 e. The Labute approximate surface area is 164 Å². The maximum Gasteiger partial charge on any atom is 0.119 e. The molecule has 144 valence electrons. The van der Waals surface area contributed by atoms with Gasteiger partial charge in [-0.3, -0.25) is 0 Å². The van der Waals surface area contributed by atoms with Crippen LogP contribution >= 0.6 is 0 Å². The molecule has 0 saturated heterocycles. The summed E-state index contributed by atoms with van der Waals surface area (Å²) in [5.74, 6) is 2.36. The summed E-state index contributed by atoms with van der Waals surface area (Å²) in [5.41, 5.74) is 12.7. The highest BCUT2D eigenvalue weighted by Crippen LogP contribution is 2.42. The molecule has 0 heterocycles. The van der Waals surface area contributed by atoms with E-state index in [2.05, 4.69) is 43.3 Å².